The lowest BCUT2D eigenvalue weighted by molar-refractivity contribution is -0.114. The average Bonchev–Trinajstić information content (AvgIpc) is 2.30. The fourth-order valence-corrected chi connectivity index (χ4v) is 1.67. The van der Waals surface area contributed by atoms with Gasteiger partial charge in [-0.15, -0.1) is 0 Å². The minimum atomic E-state index is 0.242. The molecule has 0 unspecified atom stereocenters. The molecule has 1 aromatic rings. The van der Waals surface area contributed by atoms with Crippen LogP contribution in [0.15, 0.2) is 54.1 Å². The molecule has 0 saturated carbocycles. The highest BCUT2D eigenvalue weighted by Crippen LogP contribution is 2.14. The molecule has 0 heterocycles. The van der Waals surface area contributed by atoms with Gasteiger partial charge in [0.2, 0.25) is 0 Å². The number of rotatable bonds is 2. The number of allylic oxidation sites excluding steroid dienone is 4. The highest BCUT2D eigenvalue weighted by Gasteiger charge is 2.05. The van der Waals surface area contributed by atoms with E-state index in [1.165, 1.54) is 11.1 Å². The van der Waals surface area contributed by atoms with Crippen LogP contribution < -0.4 is 0 Å². The molecule has 0 radical (unpaired) electrons. The van der Waals surface area contributed by atoms with E-state index in [9.17, 15) is 4.79 Å². The topological polar surface area (TPSA) is 17.1 Å². The maximum Gasteiger partial charge on any atom is 0.156 e. The Bertz CT molecular complexity index is 399. The van der Waals surface area contributed by atoms with E-state index < -0.39 is 0 Å². The lowest BCUT2D eigenvalue weighted by Crippen LogP contribution is -1.99. The lowest BCUT2D eigenvalue weighted by atomic mass is 9.99. The van der Waals surface area contributed by atoms with E-state index in [2.05, 4.69) is 18.2 Å². The number of ketones is 1. The van der Waals surface area contributed by atoms with Crippen molar-refractivity contribution in [3.8, 4) is 0 Å². The van der Waals surface area contributed by atoms with Crippen molar-refractivity contribution in [3.05, 3.63) is 59.7 Å². The number of hydrogen-bond donors (Lipinski definition) is 0. The zero-order valence-electron chi connectivity index (χ0n) is 8.65. The molecule has 0 saturated heterocycles. The van der Waals surface area contributed by atoms with E-state index >= 15 is 0 Å². The van der Waals surface area contributed by atoms with E-state index in [4.69, 9.17) is 0 Å². The van der Waals surface area contributed by atoms with Gasteiger partial charge in [-0.05, 0) is 24.5 Å². The molecular formula is C14H14O. The van der Waals surface area contributed by atoms with Crippen LogP contribution in [0.1, 0.15) is 18.4 Å². The molecule has 0 bridgehead atoms. The smallest absolute Gasteiger partial charge is 0.156 e. The van der Waals surface area contributed by atoms with Crippen LogP contribution >= 0.6 is 0 Å². The van der Waals surface area contributed by atoms with Gasteiger partial charge in [0, 0.05) is 6.42 Å². The van der Waals surface area contributed by atoms with Gasteiger partial charge >= 0.3 is 0 Å². The maximum absolute atomic E-state index is 11.0. The number of carbonyl (C=O) groups is 1. The first kappa shape index (κ1) is 9.91. The molecular weight excluding hydrogens is 184 g/mol. The van der Waals surface area contributed by atoms with E-state index in [0.29, 0.717) is 6.42 Å². The third kappa shape index (κ3) is 2.91. The van der Waals surface area contributed by atoms with Crippen LogP contribution in [0.5, 0.6) is 0 Å². The number of carbonyl (C=O) groups excluding carboxylic acids is 1. The molecule has 0 fully saturated rings. The normalized spacial score (nSPS) is 18.4. The van der Waals surface area contributed by atoms with Crippen molar-refractivity contribution in [2.75, 3.05) is 0 Å². The fourth-order valence-electron chi connectivity index (χ4n) is 1.67. The van der Waals surface area contributed by atoms with Gasteiger partial charge in [-0.25, -0.2) is 0 Å². The van der Waals surface area contributed by atoms with Gasteiger partial charge in [0.1, 0.15) is 0 Å². The van der Waals surface area contributed by atoms with Crippen molar-refractivity contribution in [1.29, 1.82) is 0 Å². The molecule has 1 aliphatic carbocycles. The lowest BCUT2D eigenvalue weighted by Gasteiger charge is -2.06. The van der Waals surface area contributed by atoms with Gasteiger partial charge in [-0.3, -0.25) is 4.79 Å². The third-order valence-electron chi connectivity index (χ3n) is 2.59. The number of benzene rings is 1. The van der Waals surface area contributed by atoms with Crippen LogP contribution in [0.3, 0.4) is 0 Å². The second-order valence-corrected chi connectivity index (χ2v) is 3.77. The van der Waals surface area contributed by atoms with E-state index in [1.54, 1.807) is 6.08 Å². The third-order valence-corrected chi connectivity index (χ3v) is 2.59. The van der Waals surface area contributed by atoms with E-state index in [0.717, 1.165) is 12.8 Å². The van der Waals surface area contributed by atoms with Crippen molar-refractivity contribution in [2.24, 2.45) is 0 Å². The predicted octanol–water partition coefficient (Wildman–Crippen LogP) is 3.07. The number of hydrogen-bond acceptors (Lipinski definition) is 1. The van der Waals surface area contributed by atoms with Gasteiger partial charge in [-0.2, -0.15) is 0 Å². The molecule has 0 atom stereocenters. The summed E-state index contributed by atoms with van der Waals surface area (Å²) < 4.78 is 0. The molecule has 0 N–H and O–H groups in total. The molecule has 0 spiro atoms. The molecule has 2 rings (SSSR count). The van der Waals surface area contributed by atoms with Gasteiger partial charge < -0.3 is 0 Å². The summed E-state index contributed by atoms with van der Waals surface area (Å²) in [6.07, 6.45) is 8.33. The summed E-state index contributed by atoms with van der Waals surface area (Å²) in [6, 6.07) is 10.4. The Morgan fingerprint density at radius 3 is 2.53 bits per heavy atom. The minimum Gasteiger partial charge on any atom is -0.295 e. The van der Waals surface area contributed by atoms with Crippen molar-refractivity contribution in [1.82, 2.24) is 0 Å². The Morgan fingerprint density at radius 2 is 1.87 bits per heavy atom. The Balaban J connectivity index is 2.01. The van der Waals surface area contributed by atoms with Crippen LogP contribution in [-0.4, -0.2) is 5.78 Å². The van der Waals surface area contributed by atoms with Gasteiger partial charge in [0.15, 0.2) is 5.78 Å². The van der Waals surface area contributed by atoms with Crippen molar-refractivity contribution in [2.45, 2.75) is 19.3 Å². The van der Waals surface area contributed by atoms with Gasteiger partial charge in [0.05, 0.1) is 0 Å². The van der Waals surface area contributed by atoms with Crippen molar-refractivity contribution in [3.63, 3.8) is 0 Å². The summed E-state index contributed by atoms with van der Waals surface area (Å²) in [4.78, 5) is 11.0. The van der Waals surface area contributed by atoms with E-state index in [1.807, 2.05) is 24.3 Å². The maximum atomic E-state index is 11.0. The fraction of sp³-hybridized carbons (Fsp3) is 0.214. The Morgan fingerprint density at radius 1 is 1.07 bits per heavy atom. The van der Waals surface area contributed by atoms with Crippen LogP contribution in [-0.2, 0) is 11.2 Å². The predicted molar refractivity (Wildman–Crippen MR) is 61.6 cm³/mol. The largest absolute Gasteiger partial charge is 0.295 e. The van der Waals surface area contributed by atoms with Crippen LogP contribution in [0.25, 0.3) is 0 Å². The standard InChI is InChI=1S/C14H14O/c15-14-10-8-13(9-11-14)7-6-12-4-2-1-3-5-12/h1-5,7-8,10H,6,9,11H2/b13-7-. The SMILES string of the molecule is O=C1C=C/C(=C/Cc2ccccc2)CC1. The van der Waals surface area contributed by atoms with Crippen molar-refractivity contribution >= 4 is 5.78 Å². The molecule has 0 amide bonds. The van der Waals surface area contributed by atoms with Crippen LogP contribution in [0, 0.1) is 0 Å². The second-order valence-electron chi connectivity index (χ2n) is 3.77. The van der Waals surface area contributed by atoms with Crippen molar-refractivity contribution < 1.29 is 4.79 Å². The molecule has 0 aromatic heterocycles. The first-order chi connectivity index (χ1) is 7.34. The Hall–Kier alpha value is -1.63. The summed E-state index contributed by atoms with van der Waals surface area (Å²) in [5.74, 6) is 0.242. The van der Waals surface area contributed by atoms with Gasteiger partial charge in [-0.1, -0.05) is 48.1 Å². The molecule has 15 heavy (non-hydrogen) atoms. The second kappa shape index (κ2) is 4.74. The summed E-state index contributed by atoms with van der Waals surface area (Å²) in [5, 5.41) is 0. The quantitative estimate of drug-likeness (QED) is 0.713. The highest BCUT2D eigenvalue weighted by atomic mass is 16.1. The van der Waals surface area contributed by atoms with Gasteiger partial charge in [0.25, 0.3) is 0 Å². The summed E-state index contributed by atoms with van der Waals surface area (Å²) in [7, 11) is 0. The molecule has 1 aliphatic rings. The Kier molecular flexibility index (Phi) is 3.13. The minimum absolute atomic E-state index is 0.242. The molecule has 1 aromatic carbocycles. The molecule has 1 nitrogen and oxygen atoms in total. The molecule has 76 valence electrons. The summed E-state index contributed by atoms with van der Waals surface area (Å²) in [5.41, 5.74) is 2.59. The zero-order chi connectivity index (χ0) is 10.5. The molecule has 1 heteroatoms. The monoisotopic (exact) mass is 198 g/mol. The average molecular weight is 198 g/mol. The highest BCUT2D eigenvalue weighted by molar-refractivity contribution is 5.91. The first-order valence-corrected chi connectivity index (χ1v) is 5.28. The first-order valence-electron chi connectivity index (χ1n) is 5.28. The summed E-state index contributed by atoms with van der Waals surface area (Å²) >= 11 is 0. The summed E-state index contributed by atoms with van der Waals surface area (Å²) in [6.45, 7) is 0. The zero-order valence-corrected chi connectivity index (χ0v) is 8.65. The van der Waals surface area contributed by atoms with E-state index in [-0.39, 0.29) is 5.78 Å². The molecule has 0 aliphatic heterocycles. The van der Waals surface area contributed by atoms with Crippen LogP contribution in [0.4, 0.5) is 0 Å². The van der Waals surface area contributed by atoms with Crippen LogP contribution in [0.2, 0.25) is 0 Å². The Labute approximate surface area is 90.1 Å².